The van der Waals surface area contributed by atoms with Gasteiger partial charge in [-0.2, -0.15) is 5.26 Å². The Morgan fingerprint density at radius 2 is 1.13 bits per heavy atom. The molecule has 2 aromatic heterocycles. The fourth-order valence-corrected chi connectivity index (χ4v) is 8.27. The minimum absolute atomic E-state index is 0.580. The summed E-state index contributed by atoms with van der Waals surface area (Å²) < 4.78 is 4.63. The van der Waals surface area contributed by atoms with E-state index in [9.17, 15) is 5.26 Å². The van der Waals surface area contributed by atoms with Gasteiger partial charge in [-0.3, -0.25) is 4.99 Å². The van der Waals surface area contributed by atoms with Gasteiger partial charge in [0.25, 0.3) is 0 Å². The summed E-state index contributed by atoms with van der Waals surface area (Å²) in [6.45, 7) is 10.3. The lowest BCUT2D eigenvalue weighted by molar-refractivity contribution is 1.16. The first-order valence-electron chi connectivity index (χ1n) is 18.6. The maximum absolute atomic E-state index is 10.3. The summed E-state index contributed by atoms with van der Waals surface area (Å²) in [5.74, 6) is 0. The van der Waals surface area contributed by atoms with E-state index >= 15 is 0 Å². The molecule has 0 aliphatic carbocycles. The van der Waals surface area contributed by atoms with E-state index in [2.05, 4.69) is 193 Å². The molecule has 0 radical (unpaired) electrons. The van der Waals surface area contributed by atoms with Crippen molar-refractivity contribution in [1.29, 1.82) is 5.26 Å². The molecule has 2 heterocycles. The van der Waals surface area contributed by atoms with Crippen molar-refractivity contribution in [2.45, 2.75) is 20.8 Å². The Balaban J connectivity index is 1.28. The molecule has 0 N–H and O–H groups in total. The SMILES string of the molecule is C=N/C=C(\C(=C/C)c1cc(C#N)ccc1-n1c2ccccc2c2cc(-c3cccc(C)c3)ccc21)n1c2ccccc2c2cc(-c3cccc(C)c3)ccc21. The number of nitrogens with zero attached hydrogens (tertiary/aromatic N) is 4. The van der Waals surface area contributed by atoms with Gasteiger partial charge in [0.1, 0.15) is 0 Å². The molecule has 55 heavy (non-hydrogen) atoms. The molecule has 7 aromatic carbocycles. The van der Waals surface area contributed by atoms with Crippen molar-refractivity contribution in [3.63, 3.8) is 0 Å². The molecule has 0 atom stereocenters. The number of hydrogen-bond acceptors (Lipinski definition) is 2. The van der Waals surface area contributed by atoms with Crippen LogP contribution in [-0.4, -0.2) is 15.9 Å². The van der Waals surface area contributed by atoms with Crippen LogP contribution in [-0.2, 0) is 0 Å². The Bertz CT molecular complexity index is 3100. The largest absolute Gasteiger partial charge is 0.309 e. The van der Waals surface area contributed by atoms with Gasteiger partial charge in [0.2, 0.25) is 0 Å². The minimum Gasteiger partial charge on any atom is -0.309 e. The van der Waals surface area contributed by atoms with Crippen molar-refractivity contribution in [3.05, 3.63) is 186 Å². The minimum atomic E-state index is 0.580. The van der Waals surface area contributed by atoms with Crippen LogP contribution in [0.25, 0.3) is 82.8 Å². The average molecular weight is 707 g/mol. The van der Waals surface area contributed by atoms with E-state index in [-0.39, 0.29) is 0 Å². The second-order valence-corrected chi connectivity index (χ2v) is 14.2. The van der Waals surface area contributed by atoms with Crippen molar-refractivity contribution in [3.8, 4) is 34.0 Å². The molecule has 0 bridgehead atoms. The van der Waals surface area contributed by atoms with Gasteiger partial charge < -0.3 is 9.13 Å². The molecule has 4 heteroatoms. The molecule has 0 aliphatic heterocycles. The van der Waals surface area contributed by atoms with Gasteiger partial charge in [-0.25, -0.2) is 0 Å². The first-order valence-corrected chi connectivity index (χ1v) is 18.6. The zero-order chi connectivity index (χ0) is 37.6. The highest BCUT2D eigenvalue weighted by atomic mass is 15.0. The van der Waals surface area contributed by atoms with Crippen LogP contribution in [0.2, 0.25) is 0 Å². The number of aryl methyl sites for hydroxylation is 2. The first-order chi connectivity index (χ1) is 27.0. The van der Waals surface area contributed by atoms with Gasteiger partial charge in [0.05, 0.1) is 51.3 Å². The highest BCUT2D eigenvalue weighted by Crippen LogP contribution is 2.42. The van der Waals surface area contributed by atoms with E-state index in [0.717, 1.165) is 55.4 Å². The third-order valence-electron chi connectivity index (χ3n) is 10.7. The highest BCUT2D eigenvalue weighted by molar-refractivity contribution is 6.16. The Hall–Kier alpha value is -7.22. The van der Waals surface area contributed by atoms with E-state index in [4.69, 9.17) is 0 Å². The zero-order valence-electron chi connectivity index (χ0n) is 31.1. The van der Waals surface area contributed by atoms with Crippen molar-refractivity contribution in [1.82, 2.24) is 9.13 Å². The lowest BCUT2D eigenvalue weighted by Gasteiger charge is -2.20. The molecule has 9 aromatic rings. The summed E-state index contributed by atoms with van der Waals surface area (Å²) >= 11 is 0. The predicted molar refractivity (Wildman–Crippen MR) is 233 cm³/mol. The number of rotatable bonds is 7. The first kappa shape index (κ1) is 33.6. The van der Waals surface area contributed by atoms with Crippen LogP contribution in [0.5, 0.6) is 0 Å². The van der Waals surface area contributed by atoms with Crippen LogP contribution in [0.4, 0.5) is 0 Å². The smallest absolute Gasteiger partial charge is 0.0991 e. The van der Waals surface area contributed by atoms with Crippen molar-refractivity contribution >= 4 is 61.6 Å². The monoisotopic (exact) mass is 706 g/mol. The summed E-state index contributed by atoms with van der Waals surface area (Å²) in [5.41, 5.74) is 15.8. The van der Waals surface area contributed by atoms with Crippen molar-refractivity contribution < 1.29 is 0 Å². The summed E-state index contributed by atoms with van der Waals surface area (Å²) in [6.07, 6.45) is 3.97. The second kappa shape index (κ2) is 13.6. The maximum Gasteiger partial charge on any atom is 0.0991 e. The highest BCUT2D eigenvalue weighted by Gasteiger charge is 2.23. The molecule has 0 aliphatic rings. The van der Waals surface area contributed by atoms with Crippen LogP contribution in [0.1, 0.15) is 29.2 Å². The van der Waals surface area contributed by atoms with Crippen molar-refractivity contribution in [2.75, 3.05) is 0 Å². The molecule has 0 unspecified atom stereocenters. The Labute approximate surface area is 320 Å². The van der Waals surface area contributed by atoms with Gasteiger partial charge in [0.15, 0.2) is 0 Å². The second-order valence-electron chi connectivity index (χ2n) is 14.2. The Morgan fingerprint density at radius 3 is 1.75 bits per heavy atom. The van der Waals surface area contributed by atoms with Gasteiger partial charge in [-0.15, -0.1) is 0 Å². The molecule has 0 saturated heterocycles. The number of hydrogen-bond donors (Lipinski definition) is 0. The number of fused-ring (bicyclic) bond motifs is 6. The van der Waals surface area contributed by atoms with E-state index in [1.807, 2.05) is 18.3 Å². The lowest BCUT2D eigenvalue weighted by atomic mass is 9.97. The molecular formula is C51H38N4. The van der Waals surface area contributed by atoms with Crippen LogP contribution >= 0.6 is 0 Å². The fourth-order valence-electron chi connectivity index (χ4n) is 8.27. The van der Waals surface area contributed by atoms with E-state index < -0.39 is 0 Å². The van der Waals surface area contributed by atoms with Gasteiger partial charge in [-0.1, -0.05) is 114 Å². The van der Waals surface area contributed by atoms with Crippen LogP contribution in [0.15, 0.2) is 169 Å². The molecule has 0 saturated carbocycles. The van der Waals surface area contributed by atoms with E-state index in [1.54, 1.807) is 0 Å². The van der Waals surface area contributed by atoms with Crippen molar-refractivity contribution in [2.24, 2.45) is 4.99 Å². The summed E-state index contributed by atoms with van der Waals surface area (Å²) in [6, 6.07) is 56.3. The molecule has 0 spiro atoms. The van der Waals surface area contributed by atoms with Gasteiger partial charge in [-0.05, 0) is 104 Å². The van der Waals surface area contributed by atoms with Crippen LogP contribution in [0.3, 0.4) is 0 Å². The summed E-state index contributed by atoms with van der Waals surface area (Å²) in [7, 11) is 0. The molecule has 4 nitrogen and oxygen atoms in total. The molecule has 0 amide bonds. The number of para-hydroxylation sites is 2. The average Bonchev–Trinajstić information content (AvgIpc) is 3.73. The number of aliphatic imine (C=N–C) groups is 1. The van der Waals surface area contributed by atoms with E-state index in [0.29, 0.717) is 5.56 Å². The number of benzene rings is 7. The normalized spacial score (nSPS) is 12.2. The lowest BCUT2D eigenvalue weighted by Crippen LogP contribution is -2.05. The third kappa shape index (κ3) is 5.66. The van der Waals surface area contributed by atoms with E-state index in [1.165, 1.54) is 44.2 Å². The third-order valence-corrected chi connectivity index (χ3v) is 10.7. The quantitative estimate of drug-likeness (QED) is 0.120. The number of nitriles is 1. The van der Waals surface area contributed by atoms with Gasteiger partial charge in [0, 0.05) is 32.7 Å². The maximum atomic E-state index is 10.3. The van der Waals surface area contributed by atoms with Gasteiger partial charge >= 0.3 is 0 Å². The topological polar surface area (TPSA) is 46.0 Å². The Kier molecular flexibility index (Phi) is 8.33. The standard InChI is InChI=1S/C51H38N4/c1-5-40(51(32-53-4)55-47-19-9-7-17-42(47)45-30-39(22-25-50(45)55)37-15-11-13-34(3)27-37)43-28-35(31-52)20-23-48(43)54-46-18-8-6-16-41(46)44-29-38(21-24-49(44)54)36-14-10-12-33(2)26-36/h5-30,32H,4H2,1-3H3/b40-5-,51-32+. The fraction of sp³-hybridized carbons (Fsp3) is 0.0588. The number of allylic oxidation sites excluding steroid dienone is 3. The molecule has 0 fully saturated rings. The Morgan fingerprint density at radius 1 is 0.582 bits per heavy atom. The van der Waals surface area contributed by atoms with Crippen LogP contribution in [0, 0.1) is 25.2 Å². The summed E-state index contributed by atoms with van der Waals surface area (Å²) in [4.78, 5) is 4.41. The zero-order valence-corrected chi connectivity index (χ0v) is 31.1. The number of aromatic nitrogens is 2. The molecular weight excluding hydrogens is 669 g/mol. The summed E-state index contributed by atoms with van der Waals surface area (Å²) in [5, 5.41) is 14.9. The molecule has 9 rings (SSSR count). The van der Waals surface area contributed by atoms with Crippen LogP contribution < -0.4 is 0 Å². The predicted octanol–water partition coefficient (Wildman–Crippen LogP) is 13.3. The molecule has 262 valence electrons.